The maximum absolute atomic E-state index is 10.4. The number of benzene rings is 2. The van der Waals surface area contributed by atoms with Crippen molar-refractivity contribution in [2.75, 3.05) is 6.54 Å². The van der Waals surface area contributed by atoms with Crippen molar-refractivity contribution in [1.29, 1.82) is 0 Å². The van der Waals surface area contributed by atoms with Crippen LogP contribution in [0.5, 0.6) is 0 Å². The first-order chi connectivity index (χ1) is 10.1. The molecule has 1 atom stereocenters. The highest BCUT2D eigenvalue weighted by molar-refractivity contribution is 6.30. The molecule has 0 aliphatic heterocycles. The molecule has 0 aliphatic rings. The summed E-state index contributed by atoms with van der Waals surface area (Å²) in [5.74, 6) is 0. The molecule has 2 aromatic carbocycles. The molecular weight excluding hydrogens is 317 g/mol. The van der Waals surface area contributed by atoms with Crippen LogP contribution in [0.4, 0.5) is 0 Å². The molecule has 0 saturated carbocycles. The van der Waals surface area contributed by atoms with Crippen molar-refractivity contribution in [3.8, 4) is 0 Å². The van der Waals surface area contributed by atoms with Crippen molar-refractivity contribution < 1.29 is 5.11 Å². The van der Waals surface area contributed by atoms with Gasteiger partial charge in [0.25, 0.3) is 0 Å². The molecule has 0 aromatic heterocycles. The number of aliphatic hydroxyl groups excluding tert-OH is 1. The second-order valence-electron chi connectivity index (χ2n) is 5.58. The topological polar surface area (TPSA) is 23.5 Å². The van der Waals surface area contributed by atoms with E-state index in [1.54, 1.807) is 0 Å². The smallest absolute Gasteiger partial charge is 0.0917 e. The summed E-state index contributed by atoms with van der Waals surface area (Å²) in [5.41, 5.74) is 2.16. The zero-order valence-corrected chi connectivity index (χ0v) is 14.5. The average molecular weight is 340 g/mol. The van der Waals surface area contributed by atoms with Crippen LogP contribution in [0, 0.1) is 0 Å². The van der Waals surface area contributed by atoms with E-state index in [2.05, 4.69) is 30.9 Å². The third kappa shape index (κ3) is 5.62. The first kappa shape index (κ1) is 19.0. The Morgan fingerprint density at radius 3 is 2.14 bits per heavy atom. The lowest BCUT2D eigenvalue weighted by atomic mass is 10.1. The maximum Gasteiger partial charge on any atom is 0.0917 e. The van der Waals surface area contributed by atoms with E-state index >= 15 is 0 Å². The Labute approximate surface area is 144 Å². The van der Waals surface area contributed by atoms with E-state index in [1.807, 2.05) is 42.5 Å². The summed E-state index contributed by atoms with van der Waals surface area (Å²) in [5, 5.41) is 11.1. The van der Waals surface area contributed by atoms with E-state index in [-0.39, 0.29) is 12.4 Å². The highest BCUT2D eigenvalue weighted by Crippen LogP contribution is 2.19. The molecule has 0 radical (unpaired) electrons. The van der Waals surface area contributed by atoms with Crippen LogP contribution in [-0.2, 0) is 6.54 Å². The van der Waals surface area contributed by atoms with Gasteiger partial charge in [0.2, 0.25) is 0 Å². The van der Waals surface area contributed by atoms with Crippen molar-refractivity contribution >= 4 is 24.0 Å². The Kier molecular flexibility index (Phi) is 7.91. The Morgan fingerprint density at radius 2 is 1.59 bits per heavy atom. The predicted molar refractivity (Wildman–Crippen MR) is 95.6 cm³/mol. The summed E-state index contributed by atoms with van der Waals surface area (Å²) in [6.07, 6.45) is -0.506. The number of rotatable bonds is 6. The van der Waals surface area contributed by atoms with Crippen molar-refractivity contribution in [3.05, 3.63) is 70.7 Å². The average Bonchev–Trinajstić information content (AvgIpc) is 2.48. The van der Waals surface area contributed by atoms with Crippen molar-refractivity contribution in [2.24, 2.45) is 0 Å². The van der Waals surface area contributed by atoms with E-state index in [9.17, 15) is 5.11 Å². The normalized spacial score (nSPS) is 12.3. The highest BCUT2D eigenvalue weighted by atomic mass is 35.5. The van der Waals surface area contributed by atoms with Crippen molar-refractivity contribution in [3.63, 3.8) is 0 Å². The summed E-state index contributed by atoms with van der Waals surface area (Å²) in [6.45, 7) is 5.74. The van der Waals surface area contributed by atoms with Gasteiger partial charge < -0.3 is 5.11 Å². The quantitative estimate of drug-likeness (QED) is 0.823. The van der Waals surface area contributed by atoms with Crippen LogP contribution in [0.2, 0.25) is 5.02 Å². The van der Waals surface area contributed by atoms with Crippen LogP contribution in [0.3, 0.4) is 0 Å². The van der Waals surface area contributed by atoms with Gasteiger partial charge in [-0.25, -0.2) is 0 Å². The van der Waals surface area contributed by atoms with Crippen molar-refractivity contribution in [2.45, 2.75) is 32.5 Å². The van der Waals surface area contributed by atoms with Crippen molar-refractivity contribution in [1.82, 2.24) is 4.90 Å². The Bertz CT molecular complexity index is 543. The lowest BCUT2D eigenvalue weighted by Gasteiger charge is -2.29. The fraction of sp³-hybridized carbons (Fsp3) is 0.333. The van der Waals surface area contributed by atoms with Gasteiger partial charge in [-0.3, -0.25) is 4.90 Å². The van der Waals surface area contributed by atoms with Crippen LogP contribution in [-0.4, -0.2) is 22.6 Å². The molecule has 4 heteroatoms. The number of hydrogen-bond donors (Lipinski definition) is 1. The van der Waals surface area contributed by atoms with Gasteiger partial charge in [-0.05, 0) is 37.1 Å². The third-order valence-corrected chi connectivity index (χ3v) is 3.87. The van der Waals surface area contributed by atoms with Gasteiger partial charge in [0.15, 0.2) is 0 Å². The van der Waals surface area contributed by atoms with Gasteiger partial charge in [0, 0.05) is 24.2 Å². The zero-order valence-electron chi connectivity index (χ0n) is 12.9. The van der Waals surface area contributed by atoms with Crippen LogP contribution in [0.15, 0.2) is 54.6 Å². The molecule has 1 unspecified atom stereocenters. The molecule has 0 heterocycles. The van der Waals surface area contributed by atoms with Crippen LogP contribution < -0.4 is 0 Å². The number of nitrogens with zero attached hydrogens (tertiary/aromatic N) is 1. The molecule has 22 heavy (non-hydrogen) atoms. The van der Waals surface area contributed by atoms with E-state index < -0.39 is 6.10 Å². The van der Waals surface area contributed by atoms with Gasteiger partial charge >= 0.3 is 0 Å². The molecule has 0 aliphatic carbocycles. The standard InChI is InChI=1S/C18H22ClNO.ClH/c1-14(2)20(12-15-6-4-3-5-7-15)13-18(21)16-8-10-17(19)11-9-16;/h3-11,14,18,21H,12-13H2,1-2H3;1H. The number of aliphatic hydroxyl groups is 1. The first-order valence-corrected chi connectivity index (χ1v) is 7.65. The van der Waals surface area contributed by atoms with Crippen LogP contribution in [0.25, 0.3) is 0 Å². The van der Waals surface area contributed by atoms with E-state index in [0.29, 0.717) is 17.6 Å². The summed E-state index contributed by atoms with van der Waals surface area (Å²) in [4.78, 5) is 2.27. The Hall–Kier alpha value is -1.06. The van der Waals surface area contributed by atoms with Crippen LogP contribution >= 0.6 is 24.0 Å². The minimum atomic E-state index is -0.506. The van der Waals surface area contributed by atoms with Gasteiger partial charge in [0.05, 0.1) is 6.10 Å². The molecule has 2 aromatic rings. The monoisotopic (exact) mass is 339 g/mol. The van der Waals surface area contributed by atoms with E-state index in [4.69, 9.17) is 11.6 Å². The molecule has 0 saturated heterocycles. The lowest BCUT2D eigenvalue weighted by molar-refractivity contribution is 0.0908. The zero-order chi connectivity index (χ0) is 15.2. The molecule has 0 spiro atoms. The fourth-order valence-electron chi connectivity index (χ4n) is 2.29. The van der Waals surface area contributed by atoms with Gasteiger partial charge in [-0.1, -0.05) is 54.1 Å². The van der Waals surface area contributed by atoms with Gasteiger partial charge in [-0.15, -0.1) is 12.4 Å². The Morgan fingerprint density at radius 1 is 1.00 bits per heavy atom. The minimum absolute atomic E-state index is 0. The lowest BCUT2D eigenvalue weighted by Crippen LogP contribution is -2.34. The molecule has 1 N–H and O–H groups in total. The number of halogens is 2. The van der Waals surface area contributed by atoms with E-state index in [0.717, 1.165) is 12.1 Å². The summed E-state index contributed by atoms with van der Waals surface area (Å²) < 4.78 is 0. The number of hydrogen-bond acceptors (Lipinski definition) is 2. The molecule has 0 amide bonds. The fourth-order valence-corrected chi connectivity index (χ4v) is 2.41. The molecule has 0 bridgehead atoms. The maximum atomic E-state index is 10.4. The second-order valence-corrected chi connectivity index (χ2v) is 6.01. The van der Waals surface area contributed by atoms with Crippen LogP contribution in [0.1, 0.15) is 31.1 Å². The summed E-state index contributed by atoms with van der Waals surface area (Å²) >= 11 is 5.89. The third-order valence-electron chi connectivity index (χ3n) is 3.62. The molecule has 0 fully saturated rings. The SMILES string of the molecule is CC(C)N(Cc1ccccc1)CC(O)c1ccc(Cl)cc1.Cl. The molecule has 2 nitrogen and oxygen atoms in total. The summed E-state index contributed by atoms with van der Waals surface area (Å²) in [7, 11) is 0. The Balaban J connectivity index is 0.00000242. The predicted octanol–water partition coefficient (Wildman–Crippen LogP) is 4.71. The highest BCUT2D eigenvalue weighted by Gasteiger charge is 2.16. The first-order valence-electron chi connectivity index (χ1n) is 7.28. The largest absolute Gasteiger partial charge is 0.387 e. The molecule has 120 valence electrons. The van der Waals surface area contributed by atoms with Gasteiger partial charge in [-0.2, -0.15) is 0 Å². The van der Waals surface area contributed by atoms with Gasteiger partial charge in [0.1, 0.15) is 0 Å². The minimum Gasteiger partial charge on any atom is -0.387 e. The second kappa shape index (κ2) is 9.16. The molecular formula is C18H23Cl2NO. The van der Waals surface area contributed by atoms with E-state index in [1.165, 1.54) is 5.56 Å². The summed E-state index contributed by atoms with van der Waals surface area (Å²) in [6, 6.07) is 18.1. The molecule has 2 rings (SSSR count).